The van der Waals surface area contributed by atoms with Gasteiger partial charge >= 0.3 is 0 Å². The van der Waals surface area contributed by atoms with Crippen LogP contribution >= 0.6 is 11.6 Å². The fourth-order valence-electron chi connectivity index (χ4n) is 3.45. The number of nitrogens with zero attached hydrogens (tertiary/aromatic N) is 1. The van der Waals surface area contributed by atoms with Crippen molar-refractivity contribution in [2.24, 2.45) is 5.73 Å². The molecule has 0 radical (unpaired) electrons. The number of nitrogens with one attached hydrogen (secondary N) is 1. The number of amides is 1. The number of carbonyl (C=O) groups excluding carboxylic acids is 2. The zero-order valence-corrected chi connectivity index (χ0v) is 22.2. The van der Waals surface area contributed by atoms with Gasteiger partial charge in [0.25, 0.3) is 0 Å². The quantitative estimate of drug-likeness (QED) is 0.524. The largest absolute Gasteiger partial charge is 0.387 e. The third-order valence-electron chi connectivity index (χ3n) is 5.90. The molecule has 2 unspecified atom stereocenters. The van der Waals surface area contributed by atoms with E-state index in [2.05, 4.69) is 5.32 Å². The number of rotatable bonds is 7. The van der Waals surface area contributed by atoms with Crippen LogP contribution < -0.4 is 16.0 Å². The van der Waals surface area contributed by atoms with Crippen molar-refractivity contribution in [1.82, 2.24) is 5.32 Å². The predicted molar refractivity (Wildman–Crippen MR) is 138 cm³/mol. The minimum atomic E-state index is -1.73. The van der Waals surface area contributed by atoms with Gasteiger partial charge < -0.3 is 16.0 Å². The van der Waals surface area contributed by atoms with Gasteiger partial charge in [-0.2, -0.15) is 0 Å². The average Bonchev–Trinajstić information content (AvgIpc) is 2.88. The standard InChI is InChI=1S/C24H27ClFN3O4S2/c1-24(2,34(4)32)22(30)11-19(28-3)16-9-20-21(10-17(16)26)35(33)13-18(27)23(31)29(20)12-14-5-7-15(25)8-6-14/h5-11,18,28H,12-13,27H2,1-4H3/t18-,34?,35?/m0/s1. The molecule has 11 heteroatoms. The molecule has 188 valence electrons. The number of fused-ring (bicyclic) bond motifs is 1. The van der Waals surface area contributed by atoms with Gasteiger partial charge in [-0.3, -0.25) is 18.0 Å². The highest BCUT2D eigenvalue weighted by Gasteiger charge is 2.34. The van der Waals surface area contributed by atoms with Gasteiger partial charge in [0.1, 0.15) is 10.6 Å². The summed E-state index contributed by atoms with van der Waals surface area (Å²) in [5.74, 6) is -1.80. The first-order valence-electron chi connectivity index (χ1n) is 10.7. The Balaban J connectivity index is 2.17. The van der Waals surface area contributed by atoms with Crippen LogP contribution in [-0.4, -0.2) is 50.0 Å². The maximum Gasteiger partial charge on any atom is 0.245 e. The Hall–Kier alpha value is -2.40. The normalized spacial score (nSPS) is 19.7. The Morgan fingerprint density at radius 2 is 1.97 bits per heavy atom. The molecule has 1 heterocycles. The highest BCUT2D eigenvalue weighted by atomic mass is 35.5. The molecule has 1 aliphatic rings. The lowest BCUT2D eigenvalue weighted by molar-refractivity contribution is -0.119. The van der Waals surface area contributed by atoms with E-state index in [1.165, 1.54) is 30.3 Å². The fraction of sp³-hybridized carbons (Fsp3) is 0.333. The van der Waals surface area contributed by atoms with Gasteiger partial charge in [0.2, 0.25) is 5.91 Å². The summed E-state index contributed by atoms with van der Waals surface area (Å²) in [6.45, 7) is 3.18. The Bertz CT molecular complexity index is 1250. The molecule has 0 bridgehead atoms. The molecule has 7 nitrogen and oxygen atoms in total. The van der Waals surface area contributed by atoms with Crippen LogP contribution in [0.3, 0.4) is 0 Å². The van der Waals surface area contributed by atoms with Crippen molar-refractivity contribution < 1.29 is 22.4 Å². The highest BCUT2D eigenvalue weighted by molar-refractivity contribution is 7.86. The molecule has 0 saturated heterocycles. The second kappa shape index (κ2) is 10.7. The molecule has 3 rings (SSSR count). The summed E-state index contributed by atoms with van der Waals surface area (Å²) in [6.07, 6.45) is 2.61. The summed E-state index contributed by atoms with van der Waals surface area (Å²) in [5.41, 5.74) is 7.13. The maximum atomic E-state index is 15.3. The number of hydrogen-bond donors (Lipinski definition) is 2. The van der Waals surface area contributed by atoms with Gasteiger partial charge in [0.15, 0.2) is 5.78 Å². The van der Waals surface area contributed by atoms with Crippen LogP contribution in [0.25, 0.3) is 5.70 Å². The van der Waals surface area contributed by atoms with E-state index in [1.54, 1.807) is 38.1 Å². The molecule has 3 N–H and O–H groups in total. The minimum absolute atomic E-state index is 0.00124. The van der Waals surface area contributed by atoms with Crippen molar-refractivity contribution >= 4 is 56.3 Å². The van der Waals surface area contributed by atoms with Crippen molar-refractivity contribution in [1.29, 1.82) is 0 Å². The Kier molecular flexibility index (Phi) is 8.31. The molecule has 0 fully saturated rings. The van der Waals surface area contributed by atoms with E-state index in [4.69, 9.17) is 17.3 Å². The lowest BCUT2D eigenvalue weighted by Gasteiger charge is -2.25. The van der Waals surface area contributed by atoms with Crippen LogP contribution in [0.2, 0.25) is 5.02 Å². The number of allylic oxidation sites excluding steroid dienone is 1. The second-order valence-electron chi connectivity index (χ2n) is 8.61. The molecule has 0 aromatic heterocycles. The number of benzene rings is 2. The summed E-state index contributed by atoms with van der Waals surface area (Å²) < 4.78 is 39.1. The van der Waals surface area contributed by atoms with E-state index in [-0.39, 0.29) is 34.1 Å². The number of ketones is 1. The highest BCUT2D eigenvalue weighted by Crippen LogP contribution is 2.34. The van der Waals surface area contributed by atoms with Crippen LogP contribution in [0, 0.1) is 5.82 Å². The molecule has 1 amide bonds. The van der Waals surface area contributed by atoms with Gasteiger partial charge in [-0.05, 0) is 43.7 Å². The average molecular weight is 540 g/mol. The van der Waals surface area contributed by atoms with Crippen molar-refractivity contribution in [3.8, 4) is 0 Å². The molecule has 2 aromatic rings. The monoisotopic (exact) mass is 539 g/mol. The lowest BCUT2D eigenvalue weighted by atomic mass is 10.0. The van der Waals surface area contributed by atoms with Crippen molar-refractivity contribution in [3.05, 3.63) is 64.4 Å². The van der Waals surface area contributed by atoms with E-state index in [9.17, 15) is 18.0 Å². The maximum absolute atomic E-state index is 15.3. The van der Waals surface area contributed by atoms with Crippen LogP contribution in [-0.2, 0) is 37.7 Å². The first-order chi connectivity index (χ1) is 16.4. The molecule has 0 spiro atoms. The first-order valence-corrected chi connectivity index (χ1v) is 13.9. The van der Waals surface area contributed by atoms with Crippen molar-refractivity contribution in [2.45, 2.75) is 36.1 Å². The summed E-state index contributed by atoms with van der Waals surface area (Å²) in [4.78, 5) is 27.5. The summed E-state index contributed by atoms with van der Waals surface area (Å²) in [6, 6.07) is 8.32. The molecule has 1 aliphatic heterocycles. The molecule has 2 aromatic carbocycles. The molecule has 0 saturated carbocycles. The van der Waals surface area contributed by atoms with Gasteiger partial charge in [0.05, 0.1) is 39.7 Å². The number of halogens is 2. The SMILES string of the molecule is CNC(=CC(=O)C(C)(C)S(C)=O)c1cc2c(cc1F)S(=O)C[C@H](N)C(=O)N2Cc1ccc(Cl)cc1. The number of anilines is 1. The Morgan fingerprint density at radius 1 is 1.34 bits per heavy atom. The van der Waals surface area contributed by atoms with Gasteiger partial charge in [-0.15, -0.1) is 0 Å². The number of hydrogen-bond acceptors (Lipinski definition) is 6. The van der Waals surface area contributed by atoms with Crippen LogP contribution in [0.1, 0.15) is 25.0 Å². The third-order valence-corrected chi connectivity index (χ3v) is 9.27. The van der Waals surface area contributed by atoms with Crippen LogP contribution in [0.5, 0.6) is 0 Å². The van der Waals surface area contributed by atoms with E-state index in [0.29, 0.717) is 5.02 Å². The summed E-state index contributed by atoms with van der Waals surface area (Å²) in [7, 11) is -1.67. The van der Waals surface area contributed by atoms with Gasteiger partial charge in [-0.1, -0.05) is 23.7 Å². The van der Waals surface area contributed by atoms with E-state index in [0.717, 1.165) is 11.6 Å². The summed E-state index contributed by atoms with van der Waals surface area (Å²) >= 11 is 5.97. The van der Waals surface area contributed by atoms with Crippen molar-refractivity contribution in [2.75, 3.05) is 24.0 Å². The van der Waals surface area contributed by atoms with Crippen LogP contribution in [0.15, 0.2) is 47.4 Å². The minimum Gasteiger partial charge on any atom is -0.387 e. The number of nitrogens with two attached hydrogens (primary N) is 1. The van der Waals surface area contributed by atoms with E-state index >= 15 is 4.39 Å². The second-order valence-corrected chi connectivity index (χ2v) is 12.4. The third kappa shape index (κ3) is 5.72. The topological polar surface area (TPSA) is 110 Å². The summed E-state index contributed by atoms with van der Waals surface area (Å²) in [5, 5.41) is 3.34. The molecular weight excluding hydrogens is 513 g/mol. The van der Waals surface area contributed by atoms with Gasteiger partial charge in [0, 0.05) is 46.5 Å². The lowest BCUT2D eigenvalue weighted by Crippen LogP contribution is -2.44. The van der Waals surface area contributed by atoms with E-state index < -0.39 is 49.9 Å². The molecule has 35 heavy (non-hydrogen) atoms. The zero-order chi connectivity index (χ0) is 26.1. The molecule has 3 atom stereocenters. The predicted octanol–water partition coefficient (Wildman–Crippen LogP) is 2.75. The molecular formula is C24H27ClFN3O4S2. The Morgan fingerprint density at radius 3 is 2.54 bits per heavy atom. The smallest absolute Gasteiger partial charge is 0.245 e. The molecule has 0 aliphatic carbocycles. The van der Waals surface area contributed by atoms with E-state index in [1.807, 2.05) is 0 Å². The Labute approximate surface area is 213 Å². The van der Waals surface area contributed by atoms with Crippen LogP contribution in [0.4, 0.5) is 10.1 Å². The zero-order valence-electron chi connectivity index (χ0n) is 19.8. The fourth-order valence-corrected chi connectivity index (χ4v) is 5.21. The van der Waals surface area contributed by atoms with Crippen molar-refractivity contribution in [3.63, 3.8) is 0 Å². The first kappa shape index (κ1) is 27.2. The number of carbonyl (C=O) groups is 2. The van der Waals surface area contributed by atoms with Gasteiger partial charge in [-0.25, -0.2) is 4.39 Å².